The lowest BCUT2D eigenvalue weighted by Crippen LogP contribution is -2.51. The predicted octanol–water partition coefficient (Wildman–Crippen LogP) is 2.09. The van der Waals surface area contributed by atoms with Gasteiger partial charge in [0, 0.05) is 31.2 Å². The highest BCUT2D eigenvalue weighted by molar-refractivity contribution is 5.98. The van der Waals surface area contributed by atoms with Crippen molar-refractivity contribution < 1.29 is 19.1 Å². The van der Waals surface area contributed by atoms with Crippen molar-refractivity contribution in [1.29, 1.82) is 0 Å². The average molecular weight is 346 g/mol. The third kappa shape index (κ3) is 4.31. The molecule has 6 heteroatoms. The molecule has 0 spiro atoms. The molecule has 1 N–H and O–H groups in total. The molecule has 136 valence electrons. The zero-order valence-corrected chi connectivity index (χ0v) is 14.9. The van der Waals surface area contributed by atoms with E-state index in [0.717, 1.165) is 6.54 Å². The van der Waals surface area contributed by atoms with Gasteiger partial charge in [0.05, 0.1) is 19.3 Å². The van der Waals surface area contributed by atoms with Crippen molar-refractivity contribution in [3.8, 4) is 5.75 Å². The molecule has 0 aromatic heterocycles. The summed E-state index contributed by atoms with van der Waals surface area (Å²) >= 11 is 0. The number of amides is 1. The van der Waals surface area contributed by atoms with Crippen LogP contribution < -0.4 is 10.1 Å². The van der Waals surface area contributed by atoms with E-state index in [1.165, 1.54) is 26.4 Å². The Morgan fingerprint density at radius 2 is 2.00 bits per heavy atom. The lowest BCUT2D eigenvalue weighted by atomic mass is 9.86. The standard InChI is InChI=1S/C19H26N2O4/c1-13-11-21(7-6-20-13)18(22)15-8-16(19(23)24-2)10-17(9-15)25-12-14-4-3-5-14/h8-10,13-14,20H,3-7,11-12H2,1-2H3/t13-/m1/s1. The van der Waals surface area contributed by atoms with Gasteiger partial charge in [-0.1, -0.05) is 6.42 Å². The summed E-state index contributed by atoms with van der Waals surface area (Å²) in [6.45, 7) is 4.76. The first-order valence-corrected chi connectivity index (χ1v) is 8.95. The molecule has 0 bridgehead atoms. The van der Waals surface area contributed by atoms with Crippen LogP contribution in [0.5, 0.6) is 5.75 Å². The van der Waals surface area contributed by atoms with Crippen LogP contribution in [0.25, 0.3) is 0 Å². The van der Waals surface area contributed by atoms with Crippen molar-refractivity contribution >= 4 is 11.9 Å². The smallest absolute Gasteiger partial charge is 0.338 e. The van der Waals surface area contributed by atoms with Gasteiger partial charge in [-0.25, -0.2) is 4.79 Å². The summed E-state index contributed by atoms with van der Waals surface area (Å²) in [5, 5.41) is 3.32. The lowest BCUT2D eigenvalue weighted by molar-refractivity contribution is 0.0600. The van der Waals surface area contributed by atoms with Gasteiger partial charge in [-0.3, -0.25) is 4.79 Å². The number of methoxy groups -OCH3 is 1. The molecule has 2 fully saturated rings. The quantitative estimate of drug-likeness (QED) is 0.827. The highest BCUT2D eigenvalue weighted by Crippen LogP contribution is 2.28. The summed E-state index contributed by atoms with van der Waals surface area (Å²) in [5.41, 5.74) is 0.820. The highest BCUT2D eigenvalue weighted by atomic mass is 16.5. The number of carbonyl (C=O) groups excluding carboxylic acids is 2. The normalized spacial score (nSPS) is 20.7. The number of piperazine rings is 1. The van der Waals surface area contributed by atoms with Crippen LogP contribution in [0.4, 0.5) is 0 Å². The van der Waals surface area contributed by atoms with Crippen LogP contribution in [0, 0.1) is 5.92 Å². The summed E-state index contributed by atoms with van der Waals surface area (Å²) in [5.74, 6) is 0.598. The summed E-state index contributed by atoms with van der Waals surface area (Å²) in [6, 6.07) is 5.25. The minimum absolute atomic E-state index is 0.0763. The third-order valence-electron chi connectivity index (χ3n) is 4.94. The first-order chi connectivity index (χ1) is 12.1. The maximum Gasteiger partial charge on any atom is 0.338 e. The molecule has 1 aliphatic heterocycles. The number of rotatable bonds is 5. The van der Waals surface area contributed by atoms with E-state index < -0.39 is 5.97 Å². The molecule has 0 radical (unpaired) electrons. The largest absolute Gasteiger partial charge is 0.493 e. The predicted molar refractivity (Wildman–Crippen MR) is 94.0 cm³/mol. The fourth-order valence-corrected chi connectivity index (χ4v) is 3.21. The molecule has 1 heterocycles. The van der Waals surface area contributed by atoms with E-state index in [0.29, 0.717) is 42.5 Å². The Balaban J connectivity index is 1.80. The number of hydrogen-bond acceptors (Lipinski definition) is 5. The average Bonchev–Trinajstić information content (AvgIpc) is 2.58. The summed E-state index contributed by atoms with van der Waals surface area (Å²) in [4.78, 5) is 26.6. The van der Waals surface area contributed by atoms with Gasteiger partial charge in [-0.05, 0) is 43.9 Å². The van der Waals surface area contributed by atoms with Crippen LogP contribution in [0.15, 0.2) is 18.2 Å². The first kappa shape index (κ1) is 17.7. The molecule has 2 aliphatic rings. The Morgan fingerprint density at radius 1 is 1.24 bits per heavy atom. The number of esters is 1. The van der Waals surface area contributed by atoms with Gasteiger partial charge in [-0.2, -0.15) is 0 Å². The maximum atomic E-state index is 12.9. The molecular formula is C19H26N2O4. The lowest BCUT2D eigenvalue weighted by Gasteiger charge is -2.32. The summed E-state index contributed by atoms with van der Waals surface area (Å²) < 4.78 is 10.7. The van der Waals surface area contributed by atoms with E-state index in [4.69, 9.17) is 9.47 Å². The fraction of sp³-hybridized carbons (Fsp3) is 0.579. The Hall–Kier alpha value is -2.08. The molecule has 1 aromatic carbocycles. The van der Waals surface area contributed by atoms with Crippen molar-refractivity contribution in [3.63, 3.8) is 0 Å². The Kier molecular flexibility index (Phi) is 5.58. The van der Waals surface area contributed by atoms with Crippen molar-refractivity contribution in [2.24, 2.45) is 5.92 Å². The highest BCUT2D eigenvalue weighted by Gasteiger charge is 2.24. The van der Waals surface area contributed by atoms with Crippen LogP contribution in [0.1, 0.15) is 46.9 Å². The molecule has 1 aromatic rings. The Labute approximate surface area is 148 Å². The van der Waals surface area contributed by atoms with Crippen molar-refractivity contribution in [3.05, 3.63) is 29.3 Å². The topological polar surface area (TPSA) is 67.9 Å². The van der Waals surface area contributed by atoms with Gasteiger partial charge in [-0.15, -0.1) is 0 Å². The van der Waals surface area contributed by atoms with Gasteiger partial charge in [0.1, 0.15) is 5.75 Å². The van der Waals surface area contributed by atoms with E-state index in [1.807, 2.05) is 4.90 Å². The maximum absolute atomic E-state index is 12.9. The van der Waals surface area contributed by atoms with E-state index in [9.17, 15) is 9.59 Å². The minimum Gasteiger partial charge on any atom is -0.493 e. The summed E-state index contributed by atoms with van der Waals surface area (Å²) in [6.07, 6.45) is 3.61. The van der Waals surface area contributed by atoms with Gasteiger partial charge < -0.3 is 19.7 Å². The molecule has 1 amide bonds. The number of ether oxygens (including phenoxy) is 2. The van der Waals surface area contributed by atoms with Crippen molar-refractivity contribution in [1.82, 2.24) is 10.2 Å². The fourth-order valence-electron chi connectivity index (χ4n) is 3.21. The van der Waals surface area contributed by atoms with Crippen LogP contribution >= 0.6 is 0 Å². The van der Waals surface area contributed by atoms with E-state index >= 15 is 0 Å². The Morgan fingerprint density at radius 3 is 2.64 bits per heavy atom. The van der Waals surface area contributed by atoms with Crippen LogP contribution in [-0.4, -0.2) is 56.2 Å². The second kappa shape index (κ2) is 7.87. The molecule has 3 rings (SSSR count). The van der Waals surface area contributed by atoms with E-state index in [1.54, 1.807) is 18.2 Å². The first-order valence-electron chi connectivity index (χ1n) is 8.95. The molecule has 0 unspecified atom stereocenters. The third-order valence-corrected chi connectivity index (χ3v) is 4.94. The number of nitrogens with zero attached hydrogens (tertiary/aromatic N) is 1. The molecule has 6 nitrogen and oxygen atoms in total. The van der Waals surface area contributed by atoms with Gasteiger partial charge in [0.2, 0.25) is 0 Å². The summed E-state index contributed by atoms with van der Waals surface area (Å²) in [7, 11) is 1.34. The zero-order chi connectivity index (χ0) is 17.8. The minimum atomic E-state index is -0.461. The number of hydrogen-bond donors (Lipinski definition) is 1. The van der Waals surface area contributed by atoms with Crippen LogP contribution in [0.2, 0.25) is 0 Å². The van der Waals surface area contributed by atoms with E-state index in [-0.39, 0.29) is 11.9 Å². The van der Waals surface area contributed by atoms with Crippen molar-refractivity contribution in [2.75, 3.05) is 33.4 Å². The van der Waals surface area contributed by atoms with Gasteiger partial charge >= 0.3 is 5.97 Å². The SMILES string of the molecule is COC(=O)c1cc(OCC2CCC2)cc(C(=O)N2CCN[C@H](C)C2)c1. The second-order valence-corrected chi connectivity index (χ2v) is 6.95. The molecule has 1 saturated carbocycles. The van der Waals surface area contributed by atoms with Crippen LogP contribution in [0.3, 0.4) is 0 Å². The molecular weight excluding hydrogens is 320 g/mol. The van der Waals surface area contributed by atoms with Crippen LogP contribution in [-0.2, 0) is 4.74 Å². The van der Waals surface area contributed by atoms with Gasteiger partial charge in [0.25, 0.3) is 5.91 Å². The molecule has 1 saturated heterocycles. The molecule has 25 heavy (non-hydrogen) atoms. The Bertz CT molecular complexity index is 642. The number of carbonyl (C=O) groups is 2. The molecule has 1 aliphatic carbocycles. The number of benzene rings is 1. The zero-order valence-electron chi connectivity index (χ0n) is 14.9. The second-order valence-electron chi connectivity index (χ2n) is 6.95. The number of nitrogens with one attached hydrogen (secondary N) is 1. The van der Waals surface area contributed by atoms with E-state index in [2.05, 4.69) is 12.2 Å². The van der Waals surface area contributed by atoms with Crippen molar-refractivity contribution in [2.45, 2.75) is 32.2 Å². The van der Waals surface area contributed by atoms with Gasteiger partial charge in [0.15, 0.2) is 0 Å². The monoisotopic (exact) mass is 346 g/mol. The molecule has 1 atom stereocenters.